The quantitative estimate of drug-likeness (QED) is 0.549. The van der Waals surface area contributed by atoms with Gasteiger partial charge >= 0.3 is 0 Å². The summed E-state index contributed by atoms with van der Waals surface area (Å²) < 4.78 is 5.68. The van der Waals surface area contributed by atoms with E-state index in [1.807, 2.05) is 36.4 Å². The van der Waals surface area contributed by atoms with Gasteiger partial charge in [0.15, 0.2) is 0 Å². The van der Waals surface area contributed by atoms with Gasteiger partial charge in [-0.2, -0.15) is 9.79 Å². The standard InChI is InChI=1S/C12H8OS2/c14-7-1-3-9-10-4-2-8(15)6-12(10)13-11(9)5-7/h1-6,14-15H/p-2. The average molecular weight is 230 g/mol. The fourth-order valence-electron chi connectivity index (χ4n) is 1.74. The molecule has 0 amide bonds. The number of fused-ring (bicyclic) bond motifs is 3. The molecule has 2 aromatic carbocycles. The molecule has 0 saturated carbocycles. The lowest BCUT2D eigenvalue weighted by atomic mass is 10.1. The largest absolute Gasteiger partial charge is 0.780 e. The highest BCUT2D eigenvalue weighted by Gasteiger charge is 2.03. The summed E-state index contributed by atoms with van der Waals surface area (Å²) in [5, 5.41) is 2.18. The Balaban J connectivity index is 2.51. The second-order valence-corrected chi connectivity index (χ2v) is 4.36. The van der Waals surface area contributed by atoms with Crippen LogP contribution in [0.4, 0.5) is 0 Å². The minimum absolute atomic E-state index is 0.792. The smallest absolute Gasteiger partial charge is 0.133 e. The van der Waals surface area contributed by atoms with Crippen molar-refractivity contribution in [1.82, 2.24) is 0 Å². The van der Waals surface area contributed by atoms with Crippen molar-refractivity contribution in [2.45, 2.75) is 9.79 Å². The molecule has 0 saturated heterocycles. The zero-order valence-corrected chi connectivity index (χ0v) is 9.32. The number of benzene rings is 2. The minimum Gasteiger partial charge on any atom is -0.780 e. The van der Waals surface area contributed by atoms with Gasteiger partial charge in [-0.05, 0) is 12.1 Å². The van der Waals surface area contributed by atoms with E-state index < -0.39 is 0 Å². The summed E-state index contributed by atoms with van der Waals surface area (Å²) in [5.41, 5.74) is 1.66. The molecule has 0 radical (unpaired) electrons. The van der Waals surface area contributed by atoms with Crippen LogP contribution in [0.2, 0.25) is 0 Å². The third-order valence-electron chi connectivity index (χ3n) is 2.42. The van der Waals surface area contributed by atoms with Gasteiger partial charge in [-0.1, -0.05) is 24.3 Å². The Labute approximate surface area is 97.9 Å². The molecule has 1 heterocycles. The summed E-state index contributed by atoms with van der Waals surface area (Å²) >= 11 is 10.2. The molecular weight excluding hydrogens is 224 g/mol. The van der Waals surface area contributed by atoms with E-state index in [9.17, 15) is 0 Å². The minimum atomic E-state index is 0.792. The summed E-state index contributed by atoms with van der Waals surface area (Å²) in [6, 6.07) is 11.5. The van der Waals surface area contributed by atoms with E-state index >= 15 is 0 Å². The molecule has 1 nitrogen and oxygen atoms in total. The molecule has 0 N–H and O–H groups in total. The van der Waals surface area contributed by atoms with Crippen LogP contribution in [0.15, 0.2) is 50.6 Å². The second-order valence-electron chi connectivity index (χ2n) is 3.42. The summed E-state index contributed by atoms with van der Waals surface area (Å²) in [6.07, 6.45) is 0. The Bertz CT molecular complexity index is 599. The number of hydrogen-bond acceptors (Lipinski definition) is 3. The number of hydrogen-bond donors (Lipinski definition) is 0. The Morgan fingerprint density at radius 2 is 1.20 bits per heavy atom. The van der Waals surface area contributed by atoms with Gasteiger partial charge in [-0.15, -0.1) is 0 Å². The van der Waals surface area contributed by atoms with E-state index in [0.29, 0.717) is 0 Å². The summed E-state index contributed by atoms with van der Waals surface area (Å²) in [4.78, 5) is 1.58. The van der Waals surface area contributed by atoms with Crippen LogP contribution in [0.1, 0.15) is 0 Å². The first-order valence-electron chi connectivity index (χ1n) is 4.54. The SMILES string of the molecule is [S-]c1ccc2c(c1)oc1cc([S-])ccc12. The molecular formula is C12H6OS2-2. The van der Waals surface area contributed by atoms with Crippen molar-refractivity contribution >= 4 is 47.2 Å². The lowest BCUT2D eigenvalue weighted by molar-refractivity contribution is 0.667. The van der Waals surface area contributed by atoms with Crippen molar-refractivity contribution in [2.24, 2.45) is 0 Å². The van der Waals surface area contributed by atoms with Crippen LogP contribution in [0.5, 0.6) is 0 Å². The maximum atomic E-state index is 5.68. The fraction of sp³-hybridized carbons (Fsp3) is 0. The highest BCUT2D eigenvalue weighted by Crippen LogP contribution is 2.29. The van der Waals surface area contributed by atoms with Crippen LogP contribution in [0, 0.1) is 0 Å². The van der Waals surface area contributed by atoms with E-state index in [1.165, 1.54) is 0 Å². The van der Waals surface area contributed by atoms with Crippen LogP contribution >= 0.6 is 0 Å². The van der Waals surface area contributed by atoms with Gasteiger partial charge in [0, 0.05) is 10.8 Å². The predicted octanol–water partition coefficient (Wildman–Crippen LogP) is 3.40. The van der Waals surface area contributed by atoms with Crippen molar-refractivity contribution in [2.75, 3.05) is 0 Å². The summed E-state index contributed by atoms with van der Waals surface area (Å²) in [7, 11) is 0. The Morgan fingerprint density at radius 3 is 1.67 bits per heavy atom. The molecule has 0 spiro atoms. The monoisotopic (exact) mass is 230 g/mol. The Kier molecular flexibility index (Phi) is 1.84. The molecule has 3 heteroatoms. The molecule has 0 aliphatic heterocycles. The Morgan fingerprint density at radius 1 is 0.733 bits per heavy atom. The number of rotatable bonds is 0. The van der Waals surface area contributed by atoms with Gasteiger partial charge in [-0.25, -0.2) is 0 Å². The van der Waals surface area contributed by atoms with E-state index in [2.05, 4.69) is 0 Å². The van der Waals surface area contributed by atoms with Gasteiger partial charge in [-0.3, -0.25) is 0 Å². The zero-order valence-electron chi connectivity index (χ0n) is 7.69. The number of furan rings is 1. The highest BCUT2D eigenvalue weighted by molar-refractivity contribution is 7.59. The normalized spacial score (nSPS) is 11.2. The lowest BCUT2D eigenvalue weighted by Gasteiger charge is -2.02. The lowest BCUT2D eigenvalue weighted by Crippen LogP contribution is -1.70. The van der Waals surface area contributed by atoms with Crippen LogP contribution in [-0.2, 0) is 25.3 Å². The molecule has 3 aromatic rings. The van der Waals surface area contributed by atoms with Gasteiger partial charge in [0.2, 0.25) is 0 Å². The van der Waals surface area contributed by atoms with E-state index in [1.54, 1.807) is 0 Å². The van der Waals surface area contributed by atoms with Gasteiger partial charge < -0.3 is 29.7 Å². The molecule has 0 aliphatic rings. The van der Waals surface area contributed by atoms with Crippen LogP contribution in [0.3, 0.4) is 0 Å². The van der Waals surface area contributed by atoms with E-state index in [0.717, 1.165) is 31.7 Å². The van der Waals surface area contributed by atoms with Gasteiger partial charge in [0.05, 0.1) is 0 Å². The first-order valence-corrected chi connectivity index (χ1v) is 5.36. The topological polar surface area (TPSA) is 13.1 Å². The molecule has 3 rings (SSSR count). The third kappa shape index (κ3) is 1.35. The molecule has 0 atom stereocenters. The first-order chi connectivity index (χ1) is 7.24. The molecule has 0 unspecified atom stereocenters. The van der Waals surface area contributed by atoms with Crippen molar-refractivity contribution in [1.29, 1.82) is 0 Å². The Hall–Kier alpha value is -1.32. The van der Waals surface area contributed by atoms with Crippen molar-refractivity contribution in [3.63, 3.8) is 0 Å². The first kappa shape index (κ1) is 8.95. The van der Waals surface area contributed by atoms with Crippen LogP contribution in [0.25, 0.3) is 21.9 Å². The molecule has 74 valence electrons. The maximum Gasteiger partial charge on any atom is 0.133 e. The van der Waals surface area contributed by atoms with Crippen molar-refractivity contribution < 1.29 is 4.42 Å². The molecule has 0 fully saturated rings. The van der Waals surface area contributed by atoms with E-state index in [-0.39, 0.29) is 0 Å². The molecule has 0 bridgehead atoms. The predicted molar refractivity (Wildman–Crippen MR) is 65.0 cm³/mol. The van der Waals surface area contributed by atoms with Crippen molar-refractivity contribution in [3.8, 4) is 0 Å². The zero-order chi connectivity index (χ0) is 10.4. The third-order valence-corrected chi connectivity index (χ3v) is 2.92. The van der Waals surface area contributed by atoms with Crippen LogP contribution < -0.4 is 0 Å². The van der Waals surface area contributed by atoms with E-state index in [4.69, 9.17) is 29.7 Å². The molecule has 15 heavy (non-hydrogen) atoms. The molecule has 0 aliphatic carbocycles. The highest BCUT2D eigenvalue weighted by atomic mass is 32.1. The average Bonchev–Trinajstić information content (AvgIpc) is 2.53. The fourth-order valence-corrected chi connectivity index (χ4v) is 2.09. The van der Waals surface area contributed by atoms with Gasteiger partial charge in [0.25, 0.3) is 0 Å². The molecule has 1 aromatic heterocycles. The summed E-state index contributed by atoms with van der Waals surface area (Å²) in [5.74, 6) is 0. The van der Waals surface area contributed by atoms with Crippen molar-refractivity contribution in [3.05, 3.63) is 36.4 Å². The van der Waals surface area contributed by atoms with Crippen LogP contribution in [-0.4, -0.2) is 0 Å². The maximum absolute atomic E-state index is 5.68. The van der Waals surface area contributed by atoms with Gasteiger partial charge in [0.1, 0.15) is 11.2 Å². The second kappa shape index (κ2) is 3.08. The summed E-state index contributed by atoms with van der Waals surface area (Å²) in [6.45, 7) is 0.